The van der Waals surface area contributed by atoms with Crippen LogP contribution >= 0.6 is 0 Å². The molecule has 15 heavy (non-hydrogen) atoms. The first kappa shape index (κ1) is 11.7. The highest BCUT2D eigenvalue weighted by molar-refractivity contribution is 6.78. The summed E-state index contributed by atoms with van der Waals surface area (Å²) in [5, 5.41) is 0. The molecule has 2 aliphatic rings. The van der Waals surface area contributed by atoms with Crippen LogP contribution in [0.4, 0.5) is 0 Å². The summed E-state index contributed by atoms with van der Waals surface area (Å²) in [5.41, 5.74) is 0. The molecule has 2 fully saturated rings. The molecule has 0 radical (unpaired) electrons. The summed E-state index contributed by atoms with van der Waals surface area (Å²) in [5.74, 6) is 0. The minimum absolute atomic E-state index is 0.845. The van der Waals surface area contributed by atoms with Crippen LogP contribution in [0.5, 0.6) is 0 Å². The number of hydrogen-bond acceptors (Lipinski definition) is 1. The van der Waals surface area contributed by atoms with Gasteiger partial charge in [0, 0.05) is 12.1 Å². The fourth-order valence-corrected chi connectivity index (χ4v) is 7.09. The molecule has 0 aromatic rings. The molecule has 1 aliphatic carbocycles. The molecule has 0 amide bonds. The van der Waals surface area contributed by atoms with Crippen LogP contribution < -0.4 is 0 Å². The van der Waals surface area contributed by atoms with Gasteiger partial charge in [0.15, 0.2) is 0 Å². The summed E-state index contributed by atoms with van der Waals surface area (Å²) in [6, 6.07) is 3.45. The molecule has 0 unspecified atom stereocenters. The molecule has 0 bridgehead atoms. The van der Waals surface area contributed by atoms with Crippen molar-refractivity contribution < 1.29 is 0 Å². The number of rotatable bonds is 2. The number of hydrogen-bond donors (Lipinski definition) is 0. The predicted molar refractivity (Wildman–Crippen MR) is 69.9 cm³/mol. The molecule has 1 nitrogen and oxygen atoms in total. The van der Waals surface area contributed by atoms with E-state index < -0.39 is 8.07 Å². The van der Waals surface area contributed by atoms with E-state index in [1.54, 1.807) is 6.04 Å². The second-order valence-electron chi connectivity index (χ2n) is 6.39. The molecule has 2 heteroatoms. The van der Waals surface area contributed by atoms with Crippen LogP contribution in [0.3, 0.4) is 0 Å². The Balaban J connectivity index is 2.00. The van der Waals surface area contributed by atoms with E-state index in [-0.39, 0.29) is 0 Å². The van der Waals surface area contributed by atoms with Gasteiger partial charge in [0.25, 0.3) is 0 Å². The average Bonchev–Trinajstić information content (AvgIpc) is 2.55. The van der Waals surface area contributed by atoms with Gasteiger partial charge in [-0.2, -0.15) is 0 Å². The third-order valence-electron chi connectivity index (χ3n) is 4.38. The Morgan fingerprint density at radius 1 is 1.13 bits per heavy atom. The summed E-state index contributed by atoms with van der Waals surface area (Å²) in [4.78, 5) is 2.91. The lowest BCUT2D eigenvalue weighted by Gasteiger charge is -2.35. The molecular weight excluding hydrogens is 198 g/mol. The lowest BCUT2D eigenvalue weighted by atomic mass is 9.93. The van der Waals surface area contributed by atoms with Gasteiger partial charge in [-0.15, -0.1) is 0 Å². The van der Waals surface area contributed by atoms with E-state index in [9.17, 15) is 0 Å². The first-order chi connectivity index (χ1) is 7.12. The second-order valence-corrected chi connectivity index (χ2v) is 11.4. The molecule has 0 aromatic heterocycles. The summed E-state index contributed by atoms with van der Waals surface area (Å²) in [6.07, 6.45) is 10.3. The zero-order valence-electron chi connectivity index (χ0n) is 10.8. The van der Waals surface area contributed by atoms with E-state index in [1.165, 1.54) is 44.7 Å². The van der Waals surface area contributed by atoms with E-state index in [4.69, 9.17) is 0 Å². The summed E-state index contributed by atoms with van der Waals surface area (Å²) < 4.78 is 0. The van der Waals surface area contributed by atoms with Gasteiger partial charge in [-0.1, -0.05) is 39.3 Å². The minimum Gasteiger partial charge on any atom is -0.300 e. The van der Waals surface area contributed by atoms with Crippen molar-refractivity contribution in [3.05, 3.63) is 0 Å². The van der Waals surface area contributed by atoms with Crippen LogP contribution in [0, 0.1) is 0 Å². The van der Waals surface area contributed by atoms with Crippen molar-refractivity contribution in [1.82, 2.24) is 4.90 Å². The Hall–Kier alpha value is 0.177. The maximum atomic E-state index is 2.91. The van der Waals surface area contributed by atoms with E-state index in [0.717, 1.165) is 12.1 Å². The minimum atomic E-state index is -0.845. The van der Waals surface area contributed by atoms with Gasteiger partial charge in [0.1, 0.15) is 0 Å². The van der Waals surface area contributed by atoms with Crippen molar-refractivity contribution in [1.29, 1.82) is 0 Å². The van der Waals surface area contributed by atoms with Crippen molar-refractivity contribution in [2.75, 3.05) is 6.17 Å². The topological polar surface area (TPSA) is 3.24 Å². The molecule has 2 rings (SSSR count). The molecule has 1 saturated carbocycles. The van der Waals surface area contributed by atoms with E-state index in [0.29, 0.717) is 0 Å². The van der Waals surface area contributed by atoms with Gasteiger partial charge in [-0.25, -0.2) is 0 Å². The maximum Gasteiger partial charge on any atom is 0.0645 e. The quantitative estimate of drug-likeness (QED) is 0.648. The van der Waals surface area contributed by atoms with Crippen LogP contribution in [0.25, 0.3) is 0 Å². The van der Waals surface area contributed by atoms with Crippen molar-refractivity contribution in [3.63, 3.8) is 0 Å². The van der Waals surface area contributed by atoms with Gasteiger partial charge >= 0.3 is 0 Å². The lowest BCUT2D eigenvalue weighted by Crippen LogP contribution is -2.42. The number of nitrogens with zero attached hydrogens (tertiary/aromatic N) is 1. The highest BCUT2D eigenvalue weighted by atomic mass is 28.3. The highest BCUT2D eigenvalue weighted by Gasteiger charge is 2.40. The van der Waals surface area contributed by atoms with Crippen LogP contribution in [0.2, 0.25) is 19.1 Å². The fraction of sp³-hybridized carbons (Fsp3) is 1.00. The van der Waals surface area contributed by atoms with Crippen LogP contribution in [-0.4, -0.2) is 31.2 Å². The van der Waals surface area contributed by atoms with Crippen molar-refractivity contribution >= 4 is 8.07 Å². The molecular formula is C13H27NSi. The normalized spacial score (nSPS) is 33.4. The lowest BCUT2D eigenvalue weighted by molar-refractivity contribution is 0.145. The van der Waals surface area contributed by atoms with Gasteiger partial charge in [0.2, 0.25) is 0 Å². The van der Waals surface area contributed by atoms with Crippen LogP contribution in [0.15, 0.2) is 0 Å². The SMILES string of the molecule is CC[C@H]1C[Si](C)(C)CN1C1CCCCC1. The van der Waals surface area contributed by atoms with Gasteiger partial charge in [0.05, 0.1) is 8.07 Å². The molecule has 1 saturated heterocycles. The largest absolute Gasteiger partial charge is 0.300 e. The van der Waals surface area contributed by atoms with Gasteiger partial charge < -0.3 is 4.90 Å². The molecule has 1 heterocycles. The monoisotopic (exact) mass is 225 g/mol. The van der Waals surface area contributed by atoms with E-state index in [2.05, 4.69) is 24.9 Å². The predicted octanol–water partition coefficient (Wildman–Crippen LogP) is 3.66. The molecule has 88 valence electrons. The Kier molecular flexibility index (Phi) is 3.56. The van der Waals surface area contributed by atoms with Crippen molar-refractivity contribution in [3.8, 4) is 0 Å². The van der Waals surface area contributed by atoms with E-state index in [1.807, 2.05) is 0 Å². The molecule has 0 aromatic carbocycles. The van der Waals surface area contributed by atoms with Crippen LogP contribution in [0.1, 0.15) is 45.4 Å². The first-order valence-electron chi connectivity index (χ1n) is 6.88. The maximum absolute atomic E-state index is 2.91. The molecule has 1 atom stereocenters. The van der Waals surface area contributed by atoms with Gasteiger partial charge in [-0.3, -0.25) is 0 Å². The highest BCUT2D eigenvalue weighted by Crippen LogP contribution is 2.34. The standard InChI is InChI=1S/C13H27NSi/c1-4-12-10-15(2,3)11-14(12)13-8-6-5-7-9-13/h12-13H,4-11H2,1-3H3/t12-/m0/s1. The summed E-state index contributed by atoms with van der Waals surface area (Å²) in [6.45, 7) is 7.55. The van der Waals surface area contributed by atoms with E-state index >= 15 is 0 Å². The third-order valence-corrected chi connectivity index (χ3v) is 7.18. The second kappa shape index (κ2) is 4.58. The molecule has 0 N–H and O–H groups in total. The van der Waals surface area contributed by atoms with Crippen molar-refractivity contribution in [2.24, 2.45) is 0 Å². The summed E-state index contributed by atoms with van der Waals surface area (Å²) in [7, 11) is -0.845. The average molecular weight is 225 g/mol. The summed E-state index contributed by atoms with van der Waals surface area (Å²) >= 11 is 0. The zero-order valence-corrected chi connectivity index (χ0v) is 11.8. The van der Waals surface area contributed by atoms with Crippen LogP contribution in [-0.2, 0) is 0 Å². The first-order valence-corrected chi connectivity index (χ1v) is 10.3. The molecule has 0 spiro atoms. The Morgan fingerprint density at radius 3 is 2.40 bits per heavy atom. The Morgan fingerprint density at radius 2 is 1.80 bits per heavy atom. The zero-order chi connectivity index (χ0) is 10.9. The Bertz CT molecular complexity index is 209. The Labute approximate surface area is 96.2 Å². The van der Waals surface area contributed by atoms with Crippen molar-refractivity contribution in [2.45, 2.75) is 76.7 Å². The van der Waals surface area contributed by atoms with Gasteiger partial charge in [-0.05, 0) is 31.5 Å². The fourth-order valence-electron chi connectivity index (χ4n) is 3.66. The molecule has 1 aliphatic heterocycles. The smallest absolute Gasteiger partial charge is 0.0645 e. The third kappa shape index (κ3) is 2.65.